The summed E-state index contributed by atoms with van der Waals surface area (Å²) in [6, 6.07) is 16.7. The minimum absolute atomic E-state index is 0.243. The lowest BCUT2D eigenvalue weighted by molar-refractivity contribution is 0.217. The van der Waals surface area contributed by atoms with Crippen molar-refractivity contribution in [3.05, 3.63) is 59.7 Å². The highest BCUT2D eigenvalue weighted by Gasteiger charge is 2.35. The van der Waals surface area contributed by atoms with Gasteiger partial charge in [0, 0.05) is 11.5 Å². The molecule has 0 N–H and O–H groups in total. The Morgan fingerprint density at radius 3 is 1.83 bits per heavy atom. The molecule has 1 aliphatic heterocycles. The van der Waals surface area contributed by atoms with Crippen molar-refractivity contribution in [1.82, 2.24) is 0 Å². The van der Waals surface area contributed by atoms with E-state index in [1.807, 2.05) is 12.1 Å². The molecule has 128 valence electrons. The number of thioether (sulfide) groups is 2. The first-order valence-electron chi connectivity index (χ1n) is 8.42. The fraction of sp³-hybridized carbons (Fsp3) is 0.400. The second-order valence-electron chi connectivity index (χ2n) is 5.84. The Morgan fingerprint density at radius 1 is 0.833 bits per heavy atom. The Hall–Kier alpha value is -1.26. The average molecular weight is 361 g/mol. The highest BCUT2D eigenvalue weighted by molar-refractivity contribution is 8.20. The SMILES string of the molecule is CCC1(c2ccc(OCCOc3ccc(C)cc3)cc2)SCCS1. The van der Waals surface area contributed by atoms with Crippen molar-refractivity contribution >= 4 is 23.5 Å². The molecule has 3 rings (SSSR count). The van der Waals surface area contributed by atoms with Gasteiger partial charge in [0.15, 0.2) is 0 Å². The van der Waals surface area contributed by atoms with E-state index in [9.17, 15) is 0 Å². The van der Waals surface area contributed by atoms with Crippen LogP contribution in [0.1, 0.15) is 24.5 Å². The molecule has 0 bridgehead atoms. The number of benzene rings is 2. The zero-order valence-electron chi connectivity index (χ0n) is 14.3. The van der Waals surface area contributed by atoms with Crippen LogP contribution in [0.25, 0.3) is 0 Å². The molecule has 0 unspecified atom stereocenters. The molecule has 0 saturated carbocycles. The van der Waals surface area contributed by atoms with Gasteiger partial charge in [-0.3, -0.25) is 0 Å². The van der Waals surface area contributed by atoms with Gasteiger partial charge in [-0.15, -0.1) is 23.5 Å². The lowest BCUT2D eigenvalue weighted by atomic mass is 10.1. The minimum Gasteiger partial charge on any atom is -0.490 e. The summed E-state index contributed by atoms with van der Waals surface area (Å²) < 4.78 is 11.7. The summed E-state index contributed by atoms with van der Waals surface area (Å²) >= 11 is 4.14. The van der Waals surface area contributed by atoms with E-state index < -0.39 is 0 Å². The van der Waals surface area contributed by atoms with E-state index in [0.717, 1.165) is 17.9 Å². The molecule has 0 amide bonds. The van der Waals surface area contributed by atoms with Crippen LogP contribution in [0, 0.1) is 6.92 Å². The first-order chi connectivity index (χ1) is 11.7. The quantitative estimate of drug-likeness (QED) is 0.607. The highest BCUT2D eigenvalue weighted by Crippen LogP contribution is 2.54. The summed E-state index contributed by atoms with van der Waals surface area (Å²) in [6.45, 7) is 5.45. The summed E-state index contributed by atoms with van der Waals surface area (Å²) in [5.41, 5.74) is 2.64. The molecule has 0 spiro atoms. The Bertz CT molecular complexity index is 632. The first kappa shape index (κ1) is 17.6. The molecule has 1 heterocycles. The van der Waals surface area contributed by atoms with Crippen molar-refractivity contribution in [1.29, 1.82) is 0 Å². The fourth-order valence-electron chi connectivity index (χ4n) is 2.79. The Balaban J connectivity index is 1.48. The third-order valence-corrected chi connectivity index (χ3v) is 7.92. The van der Waals surface area contributed by atoms with Crippen molar-refractivity contribution in [2.75, 3.05) is 24.7 Å². The van der Waals surface area contributed by atoms with Crippen molar-refractivity contribution < 1.29 is 9.47 Å². The first-order valence-corrected chi connectivity index (χ1v) is 10.4. The van der Waals surface area contributed by atoms with Crippen LogP contribution < -0.4 is 9.47 Å². The largest absolute Gasteiger partial charge is 0.490 e. The zero-order valence-corrected chi connectivity index (χ0v) is 15.9. The Labute approximate surface area is 153 Å². The third-order valence-electron chi connectivity index (χ3n) is 4.16. The number of rotatable bonds is 7. The van der Waals surface area contributed by atoms with Gasteiger partial charge in [-0.05, 0) is 43.2 Å². The van der Waals surface area contributed by atoms with Gasteiger partial charge in [-0.25, -0.2) is 0 Å². The molecule has 1 saturated heterocycles. The predicted octanol–water partition coefficient (Wildman–Crippen LogP) is 5.50. The van der Waals surface area contributed by atoms with Crippen molar-refractivity contribution in [2.45, 2.75) is 24.3 Å². The van der Waals surface area contributed by atoms with E-state index in [1.165, 1.54) is 22.6 Å². The maximum absolute atomic E-state index is 5.80. The van der Waals surface area contributed by atoms with Gasteiger partial charge in [0.25, 0.3) is 0 Å². The van der Waals surface area contributed by atoms with Crippen LogP contribution in [0.3, 0.4) is 0 Å². The van der Waals surface area contributed by atoms with Gasteiger partial charge < -0.3 is 9.47 Å². The van der Waals surface area contributed by atoms with Crippen LogP contribution in [-0.4, -0.2) is 24.7 Å². The Morgan fingerprint density at radius 2 is 1.33 bits per heavy atom. The van der Waals surface area contributed by atoms with Crippen LogP contribution in [0.15, 0.2) is 48.5 Å². The van der Waals surface area contributed by atoms with Crippen LogP contribution in [-0.2, 0) is 4.08 Å². The summed E-state index contributed by atoms with van der Waals surface area (Å²) in [7, 11) is 0. The lowest BCUT2D eigenvalue weighted by Gasteiger charge is -2.26. The van der Waals surface area contributed by atoms with Gasteiger partial charge in [0.05, 0.1) is 4.08 Å². The summed E-state index contributed by atoms with van der Waals surface area (Å²) in [6.07, 6.45) is 1.16. The van der Waals surface area contributed by atoms with Crippen LogP contribution >= 0.6 is 23.5 Å². The van der Waals surface area contributed by atoms with Gasteiger partial charge in [0.2, 0.25) is 0 Å². The third kappa shape index (κ3) is 4.22. The average Bonchev–Trinajstić information content (AvgIpc) is 3.11. The van der Waals surface area contributed by atoms with Crippen molar-refractivity contribution in [3.8, 4) is 11.5 Å². The van der Waals surface area contributed by atoms with Gasteiger partial charge in [0.1, 0.15) is 24.7 Å². The number of ether oxygens (including phenoxy) is 2. The Kier molecular flexibility index (Phi) is 6.01. The van der Waals surface area contributed by atoms with E-state index in [0.29, 0.717) is 13.2 Å². The standard InChI is InChI=1S/C20H24O2S2/c1-3-20(23-14-15-24-20)17-6-10-19(11-7-17)22-13-12-21-18-8-4-16(2)5-9-18/h4-11H,3,12-15H2,1-2H3. The van der Waals surface area contributed by atoms with Gasteiger partial charge >= 0.3 is 0 Å². The summed E-state index contributed by atoms with van der Waals surface area (Å²) in [5.74, 6) is 4.28. The molecule has 24 heavy (non-hydrogen) atoms. The van der Waals surface area contributed by atoms with E-state index in [-0.39, 0.29) is 4.08 Å². The zero-order chi connectivity index (χ0) is 16.8. The molecular formula is C20H24O2S2. The second kappa shape index (κ2) is 8.21. The van der Waals surface area contributed by atoms with Crippen molar-refractivity contribution in [3.63, 3.8) is 0 Å². The van der Waals surface area contributed by atoms with Crippen molar-refractivity contribution in [2.24, 2.45) is 0 Å². The van der Waals surface area contributed by atoms with E-state index >= 15 is 0 Å². The van der Waals surface area contributed by atoms with E-state index in [4.69, 9.17) is 9.47 Å². The molecule has 4 heteroatoms. The van der Waals surface area contributed by atoms with Crippen LogP contribution in [0.2, 0.25) is 0 Å². The number of hydrogen-bond acceptors (Lipinski definition) is 4. The summed E-state index contributed by atoms with van der Waals surface area (Å²) in [5, 5.41) is 0. The second-order valence-corrected chi connectivity index (χ2v) is 8.88. The molecule has 2 nitrogen and oxygen atoms in total. The molecule has 0 aliphatic carbocycles. The molecule has 1 aliphatic rings. The highest BCUT2D eigenvalue weighted by atomic mass is 32.2. The summed E-state index contributed by atoms with van der Waals surface area (Å²) in [4.78, 5) is 0. The number of hydrogen-bond donors (Lipinski definition) is 0. The lowest BCUT2D eigenvalue weighted by Crippen LogP contribution is -2.13. The monoisotopic (exact) mass is 360 g/mol. The molecule has 0 aromatic heterocycles. The number of aryl methyl sites for hydroxylation is 1. The maximum atomic E-state index is 5.80. The minimum atomic E-state index is 0.243. The van der Waals surface area contributed by atoms with Crippen LogP contribution in [0.4, 0.5) is 0 Å². The molecule has 2 aromatic carbocycles. The normalized spacial score (nSPS) is 16.1. The smallest absolute Gasteiger partial charge is 0.122 e. The molecule has 1 fully saturated rings. The molecular weight excluding hydrogens is 336 g/mol. The molecule has 2 aromatic rings. The van der Waals surface area contributed by atoms with Gasteiger partial charge in [-0.2, -0.15) is 0 Å². The van der Waals surface area contributed by atoms with Gasteiger partial charge in [-0.1, -0.05) is 36.8 Å². The molecule has 0 atom stereocenters. The fourth-order valence-corrected chi connectivity index (χ4v) is 5.96. The van der Waals surface area contributed by atoms with E-state index in [1.54, 1.807) is 0 Å². The predicted molar refractivity (Wildman–Crippen MR) is 105 cm³/mol. The topological polar surface area (TPSA) is 18.5 Å². The van der Waals surface area contributed by atoms with E-state index in [2.05, 4.69) is 73.8 Å². The molecule has 0 radical (unpaired) electrons. The maximum Gasteiger partial charge on any atom is 0.122 e. The van der Waals surface area contributed by atoms with Crippen LogP contribution in [0.5, 0.6) is 11.5 Å².